The van der Waals surface area contributed by atoms with Crippen molar-refractivity contribution in [1.29, 1.82) is 0 Å². The molecule has 7 heteroatoms. The monoisotopic (exact) mass is 321 g/mol. The maximum atomic E-state index is 11.9. The molecule has 0 saturated heterocycles. The van der Waals surface area contributed by atoms with E-state index in [9.17, 15) is 8.42 Å². The van der Waals surface area contributed by atoms with Crippen molar-refractivity contribution in [3.8, 4) is 11.1 Å². The van der Waals surface area contributed by atoms with Crippen LogP contribution in [-0.4, -0.2) is 25.4 Å². The number of aromatic amines is 1. The topological polar surface area (TPSA) is 74.8 Å². The average Bonchev–Trinajstić information content (AvgIpc) is 2.93. The van der Waals surface area contributed by atoms with Gasteiger partial charge in [0.15, 0.2) is 0 Å². The average molecular weight is 322 g/mol. The van der Waals surface area contributed by atoms with Crippen molar-refractivity contribution in [2.24, 2.45) is 0 Å². The van der Waals surface area contributed by atoms with Crippen LogP contribution in [0.5, 0.6) is 0 Å². The summed E-state index contributed by atoms with van der Waals surface area (Å²) >= 11 is 6.20. The van der Waals surface area contributed by atoms with Crippen LogP contribution in [0.25, 0.3) is 22.2 Å². The Bertz CT molecular complexity index is 919. The summed E-state index contributed by atoms with van der Waals surface area (Å²) in [4.78, 5) is 7.44. The molecule has 0 aliphatic carbocycles. The second kappa shape index (κ2) is 5.14. The molecule has 0 unspecified atom stereocenters. The number of benzene rings is 1. The zero-order chi connectivity index (χ0) is 15.0. The van der Waals surface area contributed by atoms with Gasteiger partial charge in [0, 0.05) is 17.1 Å². The Morgan fingerprint density at radius 3 is 2.81 bits per heavy atom. The van der Waals surface area contributed by atoms with Crippen LogP contribution < -0.4 is 4.72 Å². The molecule has 2 N–H and O–H groups in total. The van der Waals surface area contributed by atoms with Gasteiger partial charge in [-0.05, 0) is 36.9 Å². The van der Waals surface area contributed by atoms with Gasteiger partial charge in [-0.25, -0.2) is 18.1 Å². The summed E-state index contributed by atoms with van der Waals surface area (Å²) in [6.07, 6.45) is 1.78. The molecular weight excluding hydrogens is 310 g/mol. The zero-order valence-corrected chi connectivity index (χ0v) is 12.7. The van der Waals surface area contributed by atoms with E-state index in [1.54, 1.807) is 24.4 Å². The number of hydrogen-bond donors (Lipinski definition) is 2. The highest BCUT2D eigenvalue weighted by molar-refractivity contribution is 7.89. The molecule has 0 bridgehead atoms. The van der Waals surface area contributed by atoms with Crippen LogP contribution in [0.2, 0.25) is 5.15 Å². The number of halogens is 1. The molecule has 0 aliphatic heterocycles. The van der Waals surface area contributed by atoms with Crippen molar-refractivity contribution < 1.29 is 8.42 Å². The van der Waals surface area contributed by atoms with Crippen LogP contribution >= 0.6 is 11.6 Å². The number of aromatic nitrogens is 2. The number of H-pyrrole nitrogens is 1. The van der Waals surface area contributed by atoms with Crippen molar-refractivity contribution >= 4 is 32.7 Å². The molecule has 108 valence electrons. The first kappa shape index (κ1) is 14.1. The predicted octanol–water partition coefficient (Wildman–Crippen LogP) is 2.79. The minimum atomic E-state index is -3.49. The molecule has 0 fully saturated rings. The van der Waals surface area contributed by atoms with Gasteiger partial charge in [0.05, 0.1) is 4.90 Å². The fourth-order valence-corrected chi connectivity index (χ4v) is 3.13. The Labute approximate surface area is 127 Å². The predicted molar refractivity (Wildman–Crippen MR) is 82.8 cm³/mol. The molecule has 0 aliphatic rings. The van der Waals surface area contributed by atoms with Crippen molar-refractivity contribution in [2.45, 2.75) is 4.90 Å². The quantitative estimate of drug-likeness (QED) is 0.728. The Morgan fingerprint density at radius 2 is 2.05 bits per heavy atom. The molecule has 3 aromatic rings. The maximum absolute atomic E-state index is 11.9. The molecule has 0 amide bonds. The third kappa shape index (κ3) is 2.53. The van der Waals surface area contributed by atoms with Gasteiger partial charge in [-0.2, -0.15) is 0 Å². The van der Waals surface area contributed by atoms with E-state index in [-0.39, 0.29) is 4.90 Å². The van der Waals surface area contributed by atoms with E-state index in [0.717, 1.165) is 5.39 Å². The minimum absolute atomic E-state index is 0.188. The van der Waals surface area contributed by atoms with Gasteiger partial charge < -0.3 is 4.98 Å². The highest BCUT2D eigenvalue weighted by Crippen LogP contribution is 2.30. The van der Waals surface area contributed by atoms with Gasteiger partial charge in [0.2, 0.25) is 10.0 Å². The maximum Gasteiger partial charge on any atom is 0.240 e. The Morgan fingerprint density at radius 1 is 1.24 bits per heavy atom. The van der Waals surface area contributed by atoms with Gasteiger partial charge >= 0.3 is 0 Å². The third-order valence-electron chi connectivity index (χ3n) is 3.21. The zero-order valence-electron chi connectivity index (χ0n) is 11.1. The van der Waals surface area contributed by atoms with Crippen LogP contribution in [0.4, 0.5) is 0 Å². The lowest BCUT2D eigenvalue weighted by Gasteiger charge is -2.07. The number of nitrogens with one attached hydrogen (secondary N) is 2. The molecule has 3 rings (SSSR count). The molecule has 2 aromatic heterocycles. The van der Waals surface area contributed by atoms with Crippen molar-refractivity contribution in [3.05, 3.63) is 47.7 Å². The lowest BCUT2D eigenvalue weighted by molar-refractivity contribution is 0.588. The second-order valence-corrected chi connectivity index (χ2v) is 6.72. The van der Waals surface area contributed by atoms with Crippen LogP contribution in [0, 0.1) is 0 Å². The summed E-state index contributed by atoms with van der Waals surface area (Å²) in [5, 5.41) is 1.24. The normalized spacial score (nSPS) is 11.9. The number of sulfonamides is 1. The highest BCUT2D eigenvalue weighted by Gasteiger charge is 2.14. The fourth-order valence-electron chi connectivity index (χ4n) is 2.11. The summed E-state index contributed by atoms with van der Waals surface area (Å²) in [5.41, 5.74) is 2.09. The van der Waals surface area contributed by atoms with Crippen molar-refractivity contribution in [3.63, 3.8) is 0 Å². The first-order valence-electron chi connectivity index (χ1n) is 6.19. The molecule has 0 atom stereocenters. The number of rotatable bonds is 3. The molecule has 0 saturated carbocycles. The molecule has 5 nitrogen and oxygen atoms in total. The van der Waals surface area contributed by atoms with Crippen LogP contribution in [0.15, 0.2) is 47.5 Å². The second-order valence-electron chi connectivity index (χ2n) is 4.48. The molecule has 1 aromatic carbocycles. The van der Waals surface area contributed by atoms with E-state index in [0.29, 0.717) is 21.9 Å². The Kier molecular flexibility index (Phi) is 3.44. The van der Waals surface area contributed by atoms with Gasteiger partial charge in [0.1, 0.15) is 10.8 Å². The minimum Gasteiger partial charge on any atom is -0.346 e. The third-order valence-corrected chi connectivity index (χ3v) is 4.91. The lowest BCUT2D eigenvalue weighted by Crippen LogP contribution is -2.18. The van der Waals surface area contributed by atoms with Crippen molar-refractivity contribution in [2.75, 3.05) is 7.05 Å². The van der Waals surface area contributed by atoms with E-state index < -0.39 is 10.0 Å². The molecular formula is C14H12ClN3O2S. The van der Waals surface area contributed by atoms with Gasteiger partial charge in [-0.3, -0.25) is 0 Å². The number of hydrogen-bond acceptors (Lipinski definition) is 3. The Balaban J connectivity index is 2.19. The standard InChI is InChI=1S/C14H12ClN3O2S/c1-16-21(19,20)11-4-2-3-9(7-11)12-8-10-5-6-17-14(10)18-13(12)15/h2-8,16H,1H3,(H,17,18). The summed E-state index contributed by atoms with van der Waals surface area (Å²) in [7, 11) is -2.12. The SMILES string of the molecule is CNS(=O)(=O)c1cccc(-c2cc3cc[nH]c3nc2Cl)c1. The molecule has 0 radical (unpaired) electrons. The smallest absolute Gasteiger partial charge is 0.240 e. The van der Waals surface area contributed by atoms with E-state index in [1.165, 1.54) is 13.1 Å². The number of pyridine rings is 1. The summed E-state index contributed by atoms with van der Waals surface area (Å²) < 4.78 is 26.0. The first-order valence-corrected chi connectivity index (χ1v) is 8.05. The van der Waals surface area contributed by atoms with Crippen LogP contribution in [-0.2, 0) is 10.0 Å². The summed E-state index contributed by atoms with van der Waals surface area (Å²) in [6.45, 7) is 0. The van der Waals surface area contributed by atoms with Gasteiger partial charge in [-0.1, -0.05) is 23.7 Å². The van der Waals surface area contributed by atoms with Crippen molar-refractivity contribution in [1.82, 2.24) is 14.7 Å². The summed E-state index contributed by atoms with van der Waals surface area (Å²) in [5.74, 6) is 0. The van der Waals surface area contributed by atoms with E-state index in [1.807, 2.05) is 12.1 Å². The van der Waals surface area contributed by atoms with Crippen LogP contribution in [0.3, 0.4) is 0 Å². The highest BCUT2D eigenvalue weighted by atomic mass is 35.5. The number of nitrogens with zero attached hydrogens (tertiary/aromatic N) is 1. The van der Waals surface area contributed by atoms with Gasteiger partial charge in [-0.15, -0.1) is 0 Å². The van der Waals surface area contributed by atoms with E-state index >= 15 is 0 Å². The molecule has 2 heterocycles. The van der Waals surface area contributed by atoms with E-state index in [4.69, 9.17) is 11.6 Å². The van der Waals surface area contributed by atoms with Crippen LogP contribution in [0.1, 0.15) is 0 Å². The van der Waals surface area contributed by atoms with Gasteiger partial charge in [0.25, 0.3) is 0 Å². The molecule has 0 spiro atoms. The fraction of sp³-hybridized carbons (Fsp3) is 0.0714. The Hall–Kier alpha value is -1.89. The molecule has 21 heavy (non-hydrogen) atoms. The lowest BCUT2D eigenvalue weighted by atomic mass is 10.1. The number of fused-ring (bicyclic) bond motifs is 1. The largest absolute Gasteiger partial charge is 0.346 e. The first-order chi connectivity index (χ1) is 10.0. The van der Waals surface area contributed by atoms with E-state index in [2.05, 4.69) is 14.7 Å². The summed E-state index contributed by atoms with van der Waals surface area (Å²) in [6, 6.07) is 10.4.